The Morgan fingerprint density at radius 3 is 2.56 bits per heavy atom. The molecule has 0 saturated carbocycles. The van der Waals surface area contributed by atoms with Gasteiger partial charge in [0.2, 0.25) is 0 Å². The minimum absolute atomic E-state index is 0.0117. The molecule has 1 saturated heterocycles. The molecule has 2 N–H and O–H groups in total. The van der Waals surface area contributed by atoms with E-state index < -0.39 is 0 Å². The molecule has 0 amide bonds. The molecule has 1 aromatic rings. The van der Waals surface area contributed by atoms with Crippen LogP contribution < -0.4 is 5.73 Å². The van der Waals surface area contributed by atoms with Gasteiger partial charge < -0.3 is 10.5 Å². The summed E-state index contributed by atoms with van der Waals surface area (Å²) in [6.07, 6.45) is 4.45. The highest BCUT2D eigenvalue weighted by Crippen LogP contribution is 2.43. The molecule has 1 unspecified atom stereocenters. The van der Waals surface area contributed by atoms with Crippen LogP contribution in [0.2, 0.25) is 0 Å². The Bertz CT molecular complexity index is 370. The highest BCUT2D eigenvalue weighted by molar-refractivity contribution is 5.17. The van der Waals surface area contributed by atoms with E-state index >= 15 is 0 Å². The number of hydrogen-bond acceptors (Lipinski definition) is 2. The predicted molar refractivity (Wildman–Crippen MR) is 75.5 cm³/mol. The summed E-state index contributed by atoms with van der Waals surface area (Å²) in [5.74, 6) is 0. The summed E-state index contributed by atoms with van der Waals surface area (Å²) >= 11 is 0. The van der Waals surface area contributed by atoms with E-state index in [1.807, 2.05) is 0 Å². The summed E-state index contributed by atoms with van der Waals surface area (Å²) in [7, 11) is 0. The molecule has 1 atom stereocenters. The highest BCUT2D eigenvalue weighted by atomic mass is 16.5. The summed E-state index contributed by atoms with van der Waals surface area (Å²) < 4.78 is 5.86. The summed E-state index contributed by atoms with van der Waals surface area (Å²) in [5.41, 5.74) is 7.57. The first kappa shape index (κ1) is 13.6. The second-order valence-corrected chi connectivity index (χ2v) is 6.24. The predicted octanol–water partition coefficient (Wildman–Crippen LogP) is 3.15. The van der Waals surface area contributed by atoms with Crippen molar-refractivity contribution in [2.24, 2.45) is 11.1 Å². The number of benzene rings is 1. The zero-order valence-electron chi connectivity index (χ0n) is 11.6. The lowest BCUT2D eigenvalue weighted by Crippen LogP contribution is -2.43. The fourth-order valence-electron chi connectivity index (χ4n) is 3.37. The second kappa shape index (κ2) is 5.41. The van der Waals surface area contributed by atoms with Crippen LogP contribution in [0.5, 0.6) is 0 Å². The van der Waals surface area contributed by atoms with Gasteiger partial charge in [0.25, 0.3) is 0 Å². The number of hydrogen-bond donors (Lipinski definition) is 1. The van der Waals surface area contributed by atoms with Crippen LogP contribution in [-0.4, -0.2) is 18.8 Å². The van der Waals surface area contributed by atoms with Crippen molar-refractivity contribution in [3.05, 3.63) is 35.9 Å². The second-order valence-electron chi connectivity index (χ2n) is 6.24. The van der Waals surface area contributed by atoms with Crippen LogP contribution in [-0.2, 0) is 11.2 Å². The van der Waals surface area contributed by atoms with Gasteiger partial charge in [-0.1, -0.05) is 30.3 Å². The maximum absolute atomic E-state index is 5.86. The quantitative estimate of drug-likeness (QED) is 0.887. The summed E-state index contributed by atoms with van der Waals surface area (Å²) in [4.78, 5) is 0. The van der Waals surface area contributed by atoms with Crippen molar-refractivity contribution in [1.82, 2.24) is 0 Å². The first-order valence-corrected chi connectivity index (χ1v) is 6.93. The number of nitrogens with two attached hydrogens (primary N) is 1. The molecular formula is C16H25NO. The molecule has 18 heavy (non-hydrogen) atoms. The lowest BCUT2D eigenvalue weighted by molar-refractivity contribution is -0.106. The van der Waals surface area contributed by atoms with E-state index in [9.17, 15) is 0 Å². The Kier molecular flexibility index (Phi) is 4.08. The molecule has 0 aromatic heterocycles. The zero-order chi connectivity index (χ0) is 13.1. The van der Waals surface area contributed by atoms with E-state index in [1.54, 1.807) is 0 Å². The van der Waals surface area contributed by atoms with E-state index in [2.05, 4.69) is 44.2 Å². The van der Waals surface area contributed by atoms with Gasteiger partial charge >= 0.3 is 0 Å². The van der Waals surface area contributed by atoms with E-state index in [0.29, 0.717) is 5.41 Å². The molecular weight excluding hydrogens is 222 g/mol. The average Bonchev–Trinajstić information content (AvgIpc) is 2.29. The Balaban J connectivity index is 2.16. The SMILES string of the molecule is CC1(C)CC(CCN)(Cc2ccccc2)CCO1. The molecule has 0 bridgehead atoms. The number of ether oxygens (including phenoxy) is 1. The van der Waals surface area contributed by atoms with Crippen molar-refractivity contribution in [1.29, 1.82) is 0 Å². The molecule has 2 heteroatoms. The molecule has 1 aliphatic heterocycles. The molecule has 100 valence electrons. The summed E-state index contributed by atoms with van der Waals surface area (Å²) in [6.45, 7) is 6.02. The molecule has 2 nitrogen and oxygen atoms in total. The number of rotatable bonds is 4. The van der Waals surface area contributed by atoms with Gasteiger partial charge in [-0.3, -0.25) is 0 Å². The Morgan fingerprint density at radius 2 is 1.94 bits per heavy atom. The molecule has 0 spiro atoms. The van der Waals surface area contributed by atoms with E-state index in [0.717, 1.165) is 38.8 Å². The first-order valence-electron chi connectivity index (χ1n) is 6.93. The topological polar surface area (TPSA) is 35.2 Å². The van der Waals surface area contributed by atoms with Gasteiger partial charge in [0, 0.05) is 6.61 Å². The Labute approximate surface area is 111 Å². The van der Waals surface area contributed by atoms with Gasteiger partial charge in [0.15, 0.2) is 0 Å². The molecule has 1 heterocycles. The highest BCUT2D eigenvalue weighted by Gasteiger charge is 2.40. The molecule has 1 fully saturated rings. The fraction of sp³-hybridized carbons (Fsp3) is 0.625. The van der Waals surface area contributed by atoms with Crippen LogP contribution in [0.15, 0.2) is 30.3 Å². The Hall–Kier alpha value is -0.860. The fourth-order valence-corrected chi connectivity index (χ4v) is 3.37. The van der Waals surface area contributed by atoms with Gasteiger partial charge in [-0.15, -0.1) is 0 Å². The Morgan fingerprint density at radius 1 is 1.22 bits per heavy atom. The van der Waals surface area contributed by atoms with Gasteiger partial charge in [-0.25, -0.2) is 0 Å². The van der Waals surface area contributed by atoms with E-state index in [-0.39, 0.29) is 5.60 Å². The van der Waals surface area contributed by atoms with Crippen molar-refractivity contribution in [2.75, 3.05) is 13.2 Å². The lowest BCUT2D eigenvalue weighted by atomic mass is 9.68. The molecule has 0 aliphatic carbocycles. The van der Waals surface area contributed by atoms with Crippen LogP contribution in [0.4, 0.5) is 0 Å². The van der Waals surface area contributed by atoms with Crippen molar-refractivity contribution >= 4 is 0 Å². The van der Waals surface area contributed by atoms with E-state index in [1.165, 1.54) is 5.56 Å². The van der Waals surface area contributed by atoms with Crippen molar-refractivity contribution in [3.63, 3.8) is 0 Å². The first-order chi connectivity index (χ1) is 8.55. The van der Waals surface area contributed by atoms with Crippen molar-refractivity contribution in [2.45, 2.75) is 45.1 Å². The normalized spacial score (nSPS) is 27.1. The monoisotopic (exact) mass is 247 g/mol. The molecule has 2 rings (SSSR count). The smallest absolute Gasteiger partial charge is 0.0631 e. The summed E-state index contributed by atoms with van der Waals surface area (Å²) in [6, 6.07) is 10.8. The third-order valence-electron chi connectivity index (χ3n) is 4.02. The molecule has 1 aliphatic rings. The van der Waals surface area contributed by atoms with Gasteiger partial charge in [0.05, 0.1) is 5.60 Å². The third kappa shape index (κ3) is 3.33. The van der Waals surface area contributed by atoms with Gasteiger partial charge in [-0.2, -0.15) is 0 Å². The third-order valence-corrected chi connectivity index (χ3v) is 4.02. The maximum Gasteiger partial charge on any atom is 0.0631 e. The minimum atomic E-state index is -0.0117. The summed E-state index contributed by atoms with van der Waals surface area (Å²) in [5, 5.41) is 0. The zero-order valence-corrected chi connectivity index (χ0v) is 11.6. The molecule has 0 radical (unpaired) electrons. The van der Waals surface area contributed by atoms with Crippen LogP contribution >= 0.6 is 0 Å². The standard InChI is InChI=1S/C16H25NO/c1-15(2)13-16(8-10-17,9-11-18-15)12-14-6-4-3-5-7-14/h3-7H,8-13,17H2,1-2H3. The molecule has 1 aromatic carbocycles. The van der Waals surface area contributed by atoms with E-state index in [4.69, 9.17) is 10.5 Å². The largest absolute Gasteiger partial charge is 0.376 e. The van der Waals surface area contributed by atoms with Crippen molar-refractivity contribution in [3.8, 4) is 0 Å². The minimum Gasteiger partial charge on any atom is -0.376 e. The van der Waals surface area contributed by atoms with Gasteiger partial charge in [0.1, 0.15) is 0 Å². The maximum atomic E-state index is 5.86. The van der Waals surface area contributed by atoms with Crippen molar-refractivity contribution < 1.29 is 4.74 Å². The van der Waals surface area contributed by atoms with Crippen LogP contribution in [0.1, 0.15) is 38.7 Å². The lowest BCUT2D eigenvalue weighted by Gasteiger charge is -2.45. The van der Waals surface area contributed by atoms with Crippen LogP contribution in [0, 0.1) is 5.41 Å². The van der Waals surface area contributed by atoms with Gasteiger partial charge in [-0.05, 0) is 57.1 Å². The average molecular weight is 247 g/mol. The van der Waals surface area contributed by atoms with Crippen LogP contribution in [0.25, 0.3) is 0 Å². The van der Waals surface area contributed by atoms with Crippen LogP contribution in [0.3, 0.4) is 0 Å².